The van der Waals surface area contributed by atoms with Crippen molar-refractivity contribution in [1.82, 2.24) is 14.9 Å². The minimum atomic E-state index is -0.506. The Kier molecular flexibility index (Phi) is 7.22. The zero-order chi connectivity index (χ0) is 23.3. The van der Waals surface area contributed by atoms with Crippen LogP contribution < -0.4 is 14.8 Å². The molecule has 1 aliphatic heterocycles. The summed E-state index contributed by atoms with van der Waals surface area (Å²) in [5.74, 6) is 0.928. The number of benzene rings is 2. The van der Waals surface area contributed by atoms with Crippen molar-refractivity contribution in [2.75, 3.05) is 52.9 Å². The Morgan fingerprint density at radius 1 is 1.09 bits per heavy atom. The summed E-state index contributed by atoms with van der Waals surface area (Å²) in [4.78, 5) is 11.0. The van der Waals surface area contributed by atoms with Gasteiger partial charge in [-0.2, -0.15) is 0 Å². The van der Waals surface area contributed by atoms with E-state index in [9.17, 15) is 4.39 Å². The molecule has 33 heavy (non-hydrogen) atoms. The summed E-state index contributed by atoms with van der Waals surface area (Å²) in [7, 11) is 4.97. The maximum Gasteiger partial charge on any atom is 0.181 e. The molecular weight excluding hydrogens is 427 g/mol. The van der Waals surface area contributed by atoms with E-state index in [2.05, 4.69) is 20.2 Å². The molecule has 1 aromatic heterocycles. The number of nitrogens with zero attached hydrogens (tertiary/aromatic N) is 3. The van der Waals surface area contributed by atoms with E-state index in [1.165, 1.54) is 18.5 Å². The van der Waals surface area contributed by atoms with Crippen molar-refractivity contribution in [3.8, 4) is 11.5 Å². The van der Waals surface area contributed by atoms with E-state index in [1.54, 1.807) is 33.5 Å². The molecule has 1 fully saturated rings. The van der Waals surface area contributed by atoms with Gasteiger partial charge in [0.1, 0.15) is 18.0 Å². The third-order valence-electron chi connectivity index (χ3n) is 5.90. The zero-order valence-corrected chi connectivity index (χ0v) is 19.1. The van der Waals surface area contributed by atoms with E-state index in [0.29, 0.717) is 35.1 Å². The van der Waals surface area contributed by atoms with E-state index in [4.69, 9.17) is 18.9 Å². The average Bonchev–Trinajstić information content (AvgIpc) is 3.25. The molecule has 0 radical (unpaired) electrons. The van der Waals surface area contributed by atoms with E-state index < -0.39 is 5.79 Å². The number of anilines is 2. The molecule has 0 amide bonds. The standard InChI is InChI=1S/C24H29FN4O4/c1-30-21-14-20-19(23(27-16-26-20)28-18-7-4-6-17(25)12-18)13-22(21)33-11-5-9-29-10-8-24(15-29,31-2)32-3/h4,6-7,12-14,16H,5,8-11,15H2,1-3H3,(H,26,27,28). The number of hydrogen-bond acceptors (Lipinski definition) is 8. The van der Waals surface area contributed by atoms with Gasteiger partial charge in [0, 0.05) is 50.9 Å². The van der Waals surface area contributed by atoms with Crippen molar-refractivity contribution in [2.45, 2.75) is 18.6 Å². The molecule has 1 aliphatic rings. The monoisotopic (exact) mass is 456 g/mol. The van der Waals surface area contributed by atoms with Gasteiger partial charge in [0.05, 0.1) is 25.8 Å². The molecule has 0 saturated carbocycles. The van der Waals surface area contributed by atoms with Crippen LogP contribution in [0.25, 0.3) is 10.9 Å². The molecule has 0 spiro atoms. The quantitative estimate of drug-likeness (QED) is 0.363. The van der Waals surface area contributed by atoms with Crippen molar-refractivity contribution in [3.05, 3.63) is 48.5 Å². The van der Waals surface area contributed by atoms with Gasteiger partial charge in [-0.1, -0.05) is 6.07 Å². The summed E-state index contributed by atoms with van der Waals surface area (Å²) in [6.45, 7) is 3.06. The number of methoxy groups -OCH3 is 3. The van der Waals surface area contributed by atoms with Crippen LogP contribution in [-0.4, -0.2) is 68.2 Å². The first-order valence-corrected chi connectivity index (χ1v) is 10.9. The Bertz CT molecular complexity index is 1090. The zero-order valence-electron chi connectivity index (χ0n) is 19.1. The van der Waals surface area contributed by atoms with Gasteiger partial charge in [0.2, 0.25) is 0 Å². The summed E-state index contributed by atoms with van der Waals surface area (Å²) in [5, 5.41) is 3.91. The SMILES string of the molecule is COc1cc2ncnc(Nc3cccc(F)c3)c2cc1OCCCN1CCC(OC)(OC)C1. The van der Waals surface area contributed by atoms with Gasteiger partial charge < -0.3 is 24.3 Å². The van der Waals surface area contributed by atoms with Crippen molar-refractivity contribution in [3.63, 3.8) is 0 Å². The van der Waals surface area contributed by atoms with Crippen LogP contribution >= 0.6 is 0 Å². The van der Waals surface area contributed by atoms with Crippen LogP contribution in [0.4, 0.5) is 15.9 Å². The largest absolute Gasteiger partial charge is 0.493 e. The second-order valence-electron chi connectivity index (χ2n) is 7.92. The maximum absolute atomic E-state index is 13.6. The molecule has 9 heteroatoms. The number of nitrogens with one attached hydrogen (secondary N) is 1. The van der Waals surface area contributed by atoms with Crippen molar-refractivity contribution >= 4 is 22.4 Å². The molecule has 2 heterocycles. The molecule has 8 nitrogen and oxygen atoms in total. The van der Waals surface area contributed by atoms with Gasteiger partial charge in [-0.25, -0.2) is 14.4 Å². The smallest absolute Gasteiger partial charge is 0.181 e. The van der Waals surface area contributed by atoms with Gasteiger partial charge in [-0.05, 0) is 30.7 Å². The second kappa shape index (κ2) is 10.3. The highest BCUT2D eigenvalue weighted by atomic mass is 19.1. The highest BCUT2D eigenvalue weighted by molar-refractivity contribution is 5.93. The predicted octanol–water partition coefficient (Wildman–Crippen LogP) is 3.98. The minimum absolute atomic E-state index is 0.324. The number of ether oxygens (including phenoxy) is 4. The van der Waals surface area contributed by atoms with Crippen LogP contribution in [0.1, 0.15) is 12.8 Å². The minimum Gasteiger partial charge on any atom is -0.493 e. The Balaban J connectivity index is 1.44. The van der Waals surface area contributed by atoms with Gasteiger partial charge >= 0.3 is 0 Å². The Morgan fingerprint density at radius 3 is 2.67 bits per heavy atom. The van der Waals surface area contributed by atoms with E-state index in [-0.39, 0.29) is 5.82 Å². The first-order valence-electron chi connectivity index (χ1n) is 10.9. The van der Waals surface area contributed by atoms with Gasteiger partial charge in [0.15, 0.2) is 17.3 Å². The average molecular weight is 457 g/mol. The van der Waals surface area contributed by atoms with Crippen LogP contribution in [0.15, 0.2) is 42.7 Å². The molecule has 4 rings (SSSR count). The van der Waals surface area contributed by atoms with Crippen LogP contribution in [0.5, 0.6) is 11.5 Å². The fourth-order valence-corrected chi connectivity index (χ4v) is 4.04. The van der Waals surface area contributed by atoms with Crippen LogP contribution in [0, 0.1) is 5.82 Å². The van der Waals surface area contributed by atoms with Crippen LogP contribution in [0.2, 0.25) is 0 Å². The van der Waals surface area contributed by atoms with Crippen LogP contribution in [-0.2, 0) is 9.47 Å². The molecule has 176 valence electrons. The number of halogens is 1. The molecule has 0 atom stereocenters. The summed E-state index contributed by atoms with van der Waals surface area (Å²) in [5.41, 5.74) is 1.29. The molecule has 0 bridgehead atoms. The molecule has 1 saturated heterocycles. The van der Waals surface area contributed by atoms with E-state index in [0.717, 1.165) is 37.9 Å². The second-order valence-corrected chi connectivity index (χ2v) is 7.92. The number of rotatable bonds is 10. The highest BCUT2D eigenvalue weighted by Gasteiger charge is 2.37. The first kappa shape index (κ1) is 23.2. The Labute approximate surface area is 192 Å². The van der Waals surface area contributed by atoms with Crippen molar-refractivity contribution < 1.29 is 23.3 Å². The molecule has 1 N–H and O–H groups in total. The fraction of sp³-hybridized carbons (Fsp3) is 0.417. The molecular formula is C24H29FN4O4. The third-order valence-corrected chi connectivity index (χ3v) is 5.90. The Hall–Kier alpha value is -3.01. The number of likely N-dealkylation sites (tertiary alicyclic amines) is 1. The summed E-state index contributed by atoms with van der Waals surface area (Å²) < 4.78 is 36.2. The molecule has 0 unspecified atom stereocenters. The van der Waals surface area contributed by atoms with Crippen molar-refractivity contribution in [2.24, 2.45) is 0 Å². The number of hydrogen-bond donors (Lipinski definition) is 1. The normalized spacial score (nSPS) is 15.6. The van der Waals surface area contributed by atoms with E-state index >= 15 is 0 Å². The number of aromatic nitrogens is 2. The summed E-state index contributed by atoms with van der Waals surface area (Å²) in [6, 6.07) is 9.89. The lowest BCUT2D eigenvalue weighted by Gasteiger charge is -2.26. The Morgan fingerprint density at radius 2 is 1.94 bits per heavy atom. The lowest BCUT2D eigenvalue weighted by molar-refractivity contribution is -0.195. The molecule has 3 aromatic rings. The topological polar surface area (TPSA) is 78.0 Å². The van der Waals surface area contributed by atoms with Crippen LogP contribution in [0.3, 0.4) is 0 Å². The summed E-state index contributed by atoms with van der Waals surface area (Å²) >= 11 is 0. The number of fused-ring (bicyclic) bond motifs is 1. The highest BCUT2D eigenvalue weighted by Crippen LogP contribution is 2.35. The van der Waals surface area contributed by atoms with Crippen molar-refractivity contribution in [1.29, 1.82) is 0 Å². The van der Waals surface area contributed by atoms with Gasteiger partial charge in [0.25, 0.3) is 0 Å². The lowest BCUT2D eigenvalue weighted by atomic mass is 10.2. The molecule has 2 aromatic carbocycles. The van der Waals surface area contributed by atoms with E-state index in [1.807, 2.05) is 12.1 Å². The maximum atomic E-state index is 13.6. The van der Waals surface area contributed by atoms with Gasteiger partial charge in [-0.3, -0.25) is 4.90 Å². The first-order chi connectivity index (χ1) is 16.1. The molecule has 0 aliphatic carbocycles. The fourth-order valence-electron chi connectivity index (χ4n) is 4.04. The van der Waals surface area contributed by atoms with Gasteiger partial charge in [-0.15, -0.1) is 0 Å². The predicted molar refractivity (Wildman–Crippen MR) is 124 cm³/mol. The summed E-state index contributed by atoms with van der Waals surface area (Å²) in [6.07, 6.45) is 3.14. The lowest BCUT2D eigenvalue weighted by Crippen LogP contribution is -2.37. The third kappa shape index (κ3) is 5.32.